The van der Waals surface area contributed by atoms with Gasteiger partial charge in [0.05, 0.1) is 18.2 Å². The molecule has 0 radical (unpaired) electrons. The molecule has 1 rings (SSSR count). The standard InChI is InChI=1S/C16H28ClN3O/c1-6-16(4,20(7-2)8-3)15(19-18)12-9-10-13(17)14(11-12)21-5/h9-11,15,19H,6-8,18H2,1-5H3. The lowest BCUT2D eigenvalue weighted by atomic mass is 9.83. The molecule has 4 nitrogen and oxygen atoms in total. The van der Waals surface area contributed by atoms with Crippen molar-refractivity contribution in [1.82, 2.24) is 10.3 Å². The smallest absolute Gasteiger partial charge is 0.137 e. The van der Waals surface area contributed by atoms with Crippen LogP contribution in [-0.4, -0.2) is 30.6 Å². The normalized spacial score (nSPS) is 15.8. The molecule has 5 heteroatoms. The topological polar surface area (TPSA) is 50.5 Å². The molecule has 21 heavy (non-hydrogen) atoms. The number of halogens is 1. The van der Waals surface area contributed by atoms with Crippen LogP contribution < -0.4 is 16.0 Å². The third-order valence-corrected chi connectivity index (χ3v) is 4.81. The quantitative estimate of drug-likeness (QED) is 0.571. The molecule has 0 spiro atoms. The van der Waals surface area contributed by atoms with Crippen molar-refractivity contribution >= 4 is 11.6 Å². The van der Waals surface area contributed by atoms with Crippen LogP contribution in [0.15, 0.2) is 18.2 Å². The van der Waals surface area contributed by atoms with E-state index in [0.717, 1.165) is 25.1 Å². The molecular weight excluding hydrogens is 286 g/mol. The van der Waals surface area contributed by atoms with Crippen molar-refractivity contribution in [3.8, 4) is 5.75 Å². The number of hydrogen-bond acceptors (Lipinski definition) is 4. The summed E-state index contributed by atoms with van der Waals surface area (Å²) in [4.78, 5) is 2.43. The number of rotatable bonds is 8. The first-order chi connectivity index (χ1) is 9.98. The van der Waals surface area contributed by atoms with Crippen LogP contribution in [0.25, 0.3) is 0 Å². The maximum atomic E-state index is 6.12. The Labute approximate surface area is 133 Å². The van der Waals surface area contributed by atoms with Crippen LogP contribution in [0.4, 0.5) is 0 Å². The van der Waals surface area contributed by atoms with Crippen molar-refractivity contribution in [3.05, 3.63) is 28.8 Å². The molecule has 0 amide bonds. The van der Waals surface area contributed by atoms with E-state index in [9.17, 15) is 0 Å². The Bertz CT molecular complexity index is 451. The highest BCUT2D eigenvalue weighted by atomic mass is 35.5. The van der Waals surface area contributed by atoms with Crippen LogP contribution in [0.3, 0.4) is 0 Å². The van der Waals surface area contributed by atoms with Crippen LogP contribution in [0.5, 0.6) is 5.75 Å². The number of hydrogen-bond donors (Lipinski definition) is 2. The zero-order chi connectivity index (χ0) is 16.0. The Kier molecular flexibility index (Phi) is 6.94. The number of hydrazine groups is 1. The van der Waals surface area contributed by atoms with Crippen molar-refractivity contribution in [1.29, 1.82) is 0 Å². The number of nitrogens with two attached hydrogens (primary N) is 1. The van der Waals surface area contributed by atoms with Gasteiger partial charge in [-0.15, -0.1) is 0 Å². The predicted octanol–water partition coefficient (Wildman–Crippen LogP) is 3.36. The summed E-state index contributed by atoms with van der Waals surface area (Å²) in [7, 11) is 1.62. The van der Waals surface area contributed by atoms with E-state index in [1.165, 1.54) is 0 Å². The minimum Gasteiger partial charge on any atom is -0.495 e. The van der Waals surface area contributed by atoms with Crippen LogP contribution in [0.1, 0.15) is 45.7 Å². The first-order valence-electron chi connectivity index (χ1n) is 7.53. The fourth-order valence-corrected chi connectivity index (χ4v) is 3.24. The van der Waals surface area contributed by atoms with E-state index in [0.29, 0.717) is 10.8 Å². The van der Waals surface area contributed by atoms with Crippen LogP contribution in [0.2, 0.25) is 5.02 Å². The molecule has 0 heterocycles. The highest BCUT2D eigenvalue weighted by Crippen LogP contribution is 2.36. The molecule has 1 aromatic carbocycles. The van der Waals surface area contributed by atoms with E-state index >= 15 is 0 Å². The molecule has 0 aliphatic heterocycles. The molecule has 0 aliphatic rings. The van der Waals surface area contributed by atoms with Gasteiger partial charge in [0.15, 0.2) is 0 Å². The van der Waals surface area contributed by atoms with E-state index in [1.54, 1.807) is 7.11 Å². The average Bonchev–Trinajstić information content (AvgIpc) is 2.50. The lowest BCUT2D eigenvalue weighted by Crippen LogP contribution is -2.55. The van der Waals surface area contributed by atoms with Gasteiger partial charge >= 0.3 is 0 Å². The minimum absolute atomic E-state index is 0.00596. The van der Waals surface area contributed by atoms with Gasteiger partial charge in [0, 0.05) is 5.54 Å². The first kappa shape index (κ1) is 18.2. The molecule has 0 bridgehead atoms. The molecule has 2 unspecified atom stereocenters. The second kappa shape index (κ2) is 7.99. The largest absolute Gasteiger partial charge is 0.495 e. The van der Waals surface area contributed by atoms with Crippen molar-refractivity contribution in [3.63, 3.8) is 0 Å². The van der Waals surface area contributed by atoms with Gasteiger partial charge in [0.2, 0.25) is 0 Å². The van der Waals surface area contributed by atoms with Gasteiger partial charge in [-0.25, -0.2) is 0 Å². The Morgan fingerprint density at radius 2 is 1.95 bits per heavy atom. The molecule has 2 atom stereocenters. The Balaban J connectivity index is 3.26. The average molecular weight is 314 g/mol. The molecule has 0 fully saturated rings. The summed E-state index contributed by atoms with van der Waals surface area (Å²) in [6.45, 7) is 10.7. The Hall–Kier alpha value is -0.810. The minimum atomic E-state index is -0.0862. The van der Waals surface area contributed by atoms with E-state index in [-0.39, 0.29) is 11.6 Å². The summed E-state index contributed by atoms with van der Waals surface area (Å²) in [6, 6.07) is 5.82. The van der Waals surface area contributed by atoms with Crippen LogP contribution in [-0.2, 0) is 0 Å². The molecular formula is C16H28ClN3O. The van der Waals surface area contributed by atoms with E-state index < -0.39 is 0 Å². The maximum Gasteiger partial charge on any atom is 0.137 e. The predicted molar refractivity (Wildman–Crippen MR) is 89.7 cm³/mol. The number of nitrogens with zero attached hydrogens (tertiary/aromatic N) is 1. The molecule has 1 aromatic rings. The van der Waals surface area contributed by atoms with E-state index in [2.05, 4.69) is 38.0 Å². The lowest BCUT2D eigenvalue weighted by Gasteiger charge is -2.45. The maximum absolute atomic E-state index is 6.12. The Morgan fingerprint density at radius 1 is 1.33 bits per heavy atom. The molecule has 120 valence electrons. The van der Waals surface area contributed by atoms with Gasteiger partial charge in [-0.3, -0.25) is 16.2 Å². The number of likely N-dealkylation sites (N-methyl/N-ethyl adjacent to an activating group) is 1. The van der Waals surface area contributed by atoms with Crippen LogP contribution >= 0.6 is 11.6 Å². The van der Waals surface area contributed by atoms with E-state index in [1.807, 2.05) is 18.2 Å². The van der Waals surface area contributed by atoms with E-state index in [4.69, 9.17) is 22.2 Å². The molecule has 0 saturated carbocycles. The fourth-order valence-electron chi connectivity index (χ4n) is 3.05. The first-order valence-corrected chi connectivity index (χ1v) is 7.90. The van der Waals surface area contributed by atoms with Gasteiger partial charge in [-0.05, 0) is 44.1 Å². The van der Waals surface area contributed by atoms with Crippen molar-refractivity contribution in [2.45, 2.75) is 45.7 Å². The highest BCUT2D eigenvalue weighted by molar-refractivity contribution is 6.32. The van der Waals surface area contributed by atoms with Gasteiger partial charge in [0.1, 0.15) is 5.75 Å². The third kappa shape index (κ3) is 3.69. The van der Waals surface area contributed by atoms with Gasteiger partial charge in [-0.2, -0.15) is 0 Å². The fraction of sp³-hybridized carbons (Fsp3) is 0.625. The number of methoxy groups -OCH3 is 1. The second-order valence-electron chi connectivity index (χ2n) is 5.38. The van der Waals surface area contributed by atoms with Crippen LogP contribution in [0, 0.1) is 0 Å². The summed E-state index contributed by atoms with van der Waals surface area (Å²) >= 11 is 6.12. The summed E-state index contributed by atoms with van der Waals surface area (Å²) < 4.78 is 5.33. The van der Waals surface area contributed by atoms with Gasteiger partial charge in [-0.1, -0.05) is 38.4 Å². The monoisotopic (exact) mass is 313 g/mol. The second-order valence-corrected chi connectivity index (χ2v) is 5.78. The zero-order valence-electron chi connectivity index (χ0n) is 13.7. The summed E-state index contributed by atoms with van der Waals surface area (Å²) in [5.74, 6) is 6.57. The molecule has 0 saturated heterocycles. The summed E-state index contributed by atoms with van der Waals surface area (Å²) in [5.41, 5.74) is 3.98. The zero-order valence-corrected chi connectivity index (χ0v) is 14.5. The number of benzene rings is 1. The lowest BCUT2D eigenvalue weighted by molar-refractivity contribution is 0.0698. The Morgan fingerprint density at radius 3 is 2.38 bits per heavy atom. The summed E-state index contributed by atoms with van der Waals surface area (Å²) in [5, 5.41) is 0.609. The van der Waals surface area contributed by atoms with Crippen molar-refractivity contribution in [2.24, 2.45) is 5.84 Å². The molecule has 0 aromatic heterocycles. The van der Waals surface area contributed by atoms with Gasteiger partial charge in [0.25, 0.3) is 0 Å². The molecule has 3 N–H and O–H groups in total. The summed E-state index contributed by atoms with van der Waals surface area (Å²) in [6.07, 6.45) is 0.981. The number of nitrogens with one attached hydrogen (secondary N) is 1. The SMILES string of the molecule is CCN(CC)C(C)(CC)C(NN)c1ccc(Cl)c(OC)c1. The number of ether oxygens (including phenoxy) is 1. The van der Waals surface area contributed by atoms with Crippen molar-refractivity contribution < 1.29 is 4.74 Å². The molecule has 0 aliphatic carbocycles. The highest BCUT2D eigenvalue weighted by Gasteiger charge is 2.37. The third-order valence-electron chi connectivity index (χ3n) is 4.50. The van der Waals surface area contributed by atoms with Gasteiger partial charge < -0.3 is 4.74 Å². The van der Waals surface area contributed by atoms with Crippen molar-refractivity contribution in [2.75, 3.05) is 20.2 Å².